The van der Waals surface area contributed by atoms with Crippen LogP contribution in [0, 0.1) is 0 Å². The van der Waals surface area contributed by atoms with Crippen LogP contribution in [0.4, 0.5) is 5.69 Å². The predicted molar refractivity (Wildman–Crippen MR) is 55.7 cm³/mol. The fraction of sp³-hybridized carbons (Fsp3) is 0.143. The Morgan fingerprint density at radius 2 is 2.00 bits per heavy atom. The van der Waals surface area contributed by atoms with Crippen LogP contribution in [0.15, 0.2) is 28.7 Å². The molecule has 0 aromatic heterocycles. The van der Waals surface area contributed by atoms with Crippen LogP contribution in [-0.2, 0) is 10.0 Å². The van der Waals surface area contributed by atoms with Gasteiger partial charge < -0.3 is 5.73 Å². The average molecular weight is 265 g/mol. The number of para-hydroxylation sites is 1. The lowest BCUT2D eigenvalue weighted by molar-refractivity contribution is 0.601. The summed E-state index contributed by atoms with van der Waals surface area (Å²) in [7, 11) is -3.40. The molecule has 0 spiro atoms. The summed E-state index contributed by atoms with van der Waals surface area (Å²) < 4.78 is 25.2. The Morgan fingerprint density at radius 3 is 2.54 bits per heavy atom. The topological polar surface area (TPSA) is 72.2 Å². The first kappa shape index (κ1) is 10.5. The van der Waals surface area contributed by atoms with E-state index in [1.165, 1.54) is 0 Å². The molecule has 0 aliphatic carbocycles. The van der Waals surface area contributed by atoms with Gasteiger partial charge in [-0.2, -0.15) is 0 Å². The number of hydrogen-bond acceptors (Lipinski definition) is 3. The summed E-state index contributed by atoms with van der Waals surface area (Å²) in [5.74, 6) is -0.422. The zero-order valence-electron chi connectivity index (χ0n) is 6.70. The Labute approximate surface area is 85.3 Å². The van der Waals surface area contributed by atoms with Gasteiger partial charge in [0.1, 0.15) is 5.88 Å². The van der Waals surface area contributed by atoms with Crippen LogP contribution in [0.2, 0.25) is 0 Å². The standard InChI is InChI=1S/C7H9BrN2O2S/c8-6-3-1-2-4-7(6)10-13(11,12)5-9/h1-4,10H,5,9H2. The van der Waals surface area contributed by atoms with Gasteiger partial charge in [0.25, 0.3) is 0 Å². The van der Waals surface area contributed by atoms with Crippen molar-refractivity contribution in [2.75, 3.05) is 10.6 Å². The summed E-state index contributed by atoms with van der Waals surface area (Å²) in [4.78, 5) is 0. The summed E-state index contributed by atoms with van der Waals surface area (Å²) in [5.41, 5.74) is 5.53. The molecule has 0 saturated heterocycles. The van der Waals surface area contributed by atoms with Crippen LogP contribution >= 0.6 is 15.9 Å². The third kappa shape index (κ3) is 2.98. The Bertz CT molecular complexity index is 391. The molecule has 4 nitrogen and oxygen atoms in total. The van der Waals surface area contributed by atoms with Gasteiger partial charge in [-0.05, 0) is 28.1 Å². The minimum Gasteiger partial charge on any atom is -0.316 e. The van der Waals surface area contributed by atoms with Crippen LogP contribution in [-0.4, -0.2) is 14.3 Å². The molecule has 1 rings (SSSR count). The third-order valence-electron chi connectivity index (χ3n) is 1.36. The summed E-state index contributed by atoms with van der Waals surface area (Å²) in [6.07, 6.45) is 0. The maximum absolute atomic E-state index is 11.1. The molecule has 0 radical (unpaired) electrons. The Morgan fingerprint density at radius 1 is 1.38 bits per heavy atom. The lowest BCUT2D eigenvalue weighted by atomic mass is 10.3. The molecule has 3 N–H and O–H groups in total. The Balaban J connectivity index is 2.93. The lowest BCUT2D eigenvalue weighted by Crippen LogP contribution is -2.22. The summed E-state index contributed by atoms with van der Waals surface area (Å²) in [6, 6.07) is 6.93. The van der Waals surface area contributed by atoms with Gasteiger partial charge in [-0.15, -0.1) is 0 Å². The highest BCUT2D eigenvalue weighted by Gasteiger charge is 2.08. The molecule has 13 heavy (non-hydrogen) atoms. The molecule has 0 fully saturated rings. The Hall–Kier alpha value is -0.590. The van der Waals surface area contributed by atoms with Crippen LogP contribution in [0.3, 0.4) is 0 Å². The molecule has 0 aliphatic heterocycles. The van der Waals surface area contributed by atoms with Crippen molar-refractivity contribution in [3.8, 4) is 0 Å². The van der Waals surface area contributed by atoms with Crippen molar-refractivity contribution >= 4 is 31.6 Å². The molecule has 6 heteroatoms. The van der Waals surface area contributed by atoms with Crippen molar-refractivity contribution in [2.24, 2.45) is 5.73 Å². The smallest absolute Gasteiger partial charge is 0.245 e. The molecule has 0 atom stereocenters. The first-order valence-corrected chi connectivity index (χ1v) is 5.95. The molecule has 0 saturated carbocycles. The normalized spacial score (nSPS) is 11.2. The van der Waals surface area contributed by atoms with E-state index in [1.54, 1.807) is 24.3 Å². The number of nitrogens with two attached hydrogens (primary N) is 1. The Kier molecular flexibility index (Phi) is 3.29. The molecule has 0 heterocycles. The molecule has 1 aromatic carbocycles. The summed E-state index contributed by atoms with van der Waals surface area (Å²) in [5, 5.41) is 0. The van der Waals surface area contributed by atoms with E-state index in [9.17, 15) is 8.42 Å². The van der Waals surface area contributed by atoms with Crippen LogP contribution in [0.5, 0.6) is 0 Å². The number of rotatable bonds is 3. The zero-order chi connectivity index (χ0) is 9.90. The number of hydrogen-bond donors (Lipinski definition) is 2. The van der Waals surface area contributed by atoms with E-state index in [1.807, 2.05) is 0 Å². The SMILES string of the molecule is NCS(=O)(=O)Nc1ccccc1Br. The second-order valence-electron chi connectivity index (χ2n) is 2.36. The van der Waals surface area contributed by atoms with Crippen LogP contribution < -0.4 is 10.5 Å². The lowest BCUT2D eigenvalue weighted by Gasteiger charge is -2.06. The van der Waals surface area contributed by atoms with E-state index in [0.29, 0.717) is 10.2 Å². The molecular formula is C7H9BrN2O2S. The number of benzene rings is 1. The van der Waals surface area contributed by atoms with E-state index >= 15 is 0 Å². The number of nitrogens with one attached hydrogen (secondary N) is 1. The van der Waals surface area contributed by atoms with Gasteiger partial charge in [-0.25, -0.2) is 8.42 Å². The summed E-state index contributed by atoms with van der Waals surface area (Å²) in [6.45, 7) is 0. The largest absolute Gasteiger partial charge is 0.316 e. The maximum Gasteiger partial charge on any atom is 0.245 e. The summed E-state index contributed by atoms with van der Waals surface area (Å²) >= 11 is 3.21. The second-order valence-corrected chi connectivity index (χ2v) is 4.98. The van der Waals surface area contributed by atoms with Gasteiger partial charge in [0.15, 0.2) is 0 Å². The van der Waals surface area contributed by atoms with E-state index < -0.39 is 15.9 Å². The monoisotopic (exact) mass is 264 g/mol. The highest BCUT2D eigenvalue weighted by atomic mass is 79.9. The van der Waals surface area contributed by atoms with Crippen LogP contribution in [0.25, 0.3) is 0 Å². The van der Waals surface area contributed by atoms with E-state index in [4.69, 9.17) is 5.73 Å². The van der Waals surface area contributed by atoms with E-state index in [2.05, 4.69) is 20.7 Å². The number of sulfonamides is 1. The van der Waals surface area contributed by atoms with Gasteiger partial charge in [-0.1, -0.05) is 12.1 Å². The van der Waals surface area contributed by atoms with Crippen LogP contribution in [0.1, 0.15) is 0 Å². The number of halogens is 1. The molecule has 72 valence electrons. The fourth-order valence-corrected chi connectivity index (χ4v) is 1.86. The van der Waals surface area contributed by atoms with Crippen molar-refractivity contribution in [2.45, 2.75) is 0 Å². The van der Waals surface area contributed by atoms with Crippen molar-refractivity contribution in [1.29, 1.82) is 0 Å². The number of anilines is 1. The van der Waals surface area contributed by atoms with Gasteiger partial charge >= 0.3 is 0 Å². The molecule has 0 bridgehead atoms. The van der Waals surface area contributed by atoms with Crippen molar-refractivity contribution in [3.63, 3.8) is 0 Å². The second kappa shape index (κ2) is 4.08. The quantitative estimate of drug-likeness (QED) is 0.859. The minimum absolute atomic E-state index is 0.422. The van der Waals surface area contributed by atoms with Gasteiger partial charge in [-0.3, -0.25) is 4.72 Å². The molecule has 0 unspecified atom stereocenters. The maximum atomic E-state index is 11.1. The van der Waals surface area contributed by atoms with Gasteiger partial charge in [0.2, 0.25) is 10.0 Å². The molecular weight excluding hydrogens is 256 g/mol. The van der Waals surface area contributed by atoms with E-state index in [-0.39, 0.29) is 0 Å². The van der Waals surface area contributed by atoms with Crippen molar-refractivity contribution in [3.05, 3.63) is 28.7 Å². The van der Waals surface area contributed by atoms with Crippen molar-refractivity contribution < 1.29 is 8.42 Å². The first-order valence-electron chi connectivity index (χ1n) is 3.50. The third-order valence-corrected chi connectivity index (χ3v) is 3.02. The fourth-order valence-electron chi connectivity index (χ4n) is 0.753. The molecule has 0 aliphatic rings. The average Bonchev–Trinajstić information content (AvgIpc) is 2.09. The van der Waals surface area contributed by atoms with Gasteiger partial charge in [0, 0.05) is 4.47 Å². The first-order chi connectivity index (χ1) is 6.05. The molecule has 0 amide bonds. The molecule has 1 aromatic rings. The van der Waals surface area contributed by atoms with E-state index in [0.717, 1.165) is 0 Å². The highest BCUT2D eigenvalue weighted by Crippen LogP contribution is 2.21. The highest BCUT2D eigenvalue weighted by molar-refractivity contribution is 9.10. The van der Waals surface area contributed by atoms with Crippen molar-refractivity contribution in [1.82, 2.24) is 0 Å². The predicted octanol–water partition coefficient (Wildman–Crippen LogP) is 1.11. The minimum atomic E-state index is -3.40. The van der Waals surface area contributed by atoms with Gasteiger partial charge in [0.05, 0.1) is 5.69 Å². The zero-order valence-corrected chi connectivity index (χ0v) is 9.10.